The second-order valence-corrected chi connectivity index (χ2v) is 2.92. The van der Waals surface area contributed by atoms with E-state index < -0.39 is 10.9 Å². The van der Waals surface area contributed by atoms with Crippen LogP contribution < -0.4 is 5.43 Å². The number of hydrogen-bond donors (Lipinski definition) is 2. The number of anilines is 1. The van der Waals surface area contributed by atoms with Crippen molar-refractivity contribution in [3.05, 3.63) is 34.4 Å². The summed E-state index contributed by atoms with van der Waals surface area (Å²) in [7, 11) is 0. The Bertz CT molecular complexity index is 456. The maximum atomic E-state index is 10.4. The summed E-state index contributed by atoms with van der Waals surface area (Å²) < 4.78 is 0. The molecule has 0 saturated heterocycles. The second kappa shape index (κ2) is 4.87. The van der Waals surface area contributed by atoms with E-state index in [9.17, 15) is 14.9 Å². The summed E-state index contributed by atoms with van der Waals surface area (Å²) in [4.78, 5) is 20.3. The number of carbonyl (C=O) groups is 1. The first kappa shape index (κ1) is 11.6. The third-order valence-corrected chi connectivity index (χ3v) is 1.72. The van der Waals surface area contributed by atoms with Gasteiger partial charge in [-0.2, -0.15) is 5.10 Å². The van der Waals surface area contributed by atoms with Crippen molar-refractivity contribution in [2.75, 3.05) is 5.43 Å². The molecular formula is C9H9N3O4. The number of nitrogens with zero attached hydrogens (tertiary/aromatic N) is 2. The Kier molecular flexibility index (Phi) is 3.54. The first-order valence-corrected chi connectivity index (χ1v) is 4.29. The highest BCUT2D eigenvalue weighted by atomic mass is 16.6. The van der Waals surface area contributed by atoms with Gasteiger partial charge in [-0.25, -0.2) is 4.79 Å². The predicted molar refractivity (Wildman–Crippen MR) is 57.5 cm³/mol. The first-order chi connectivity index (χ1) is 7.50. The minimum absolute atomic E-state index is 0.0896. The fourth-order valence-corrected chi connectivity index (χ4v) is 0.885. The van der Waals surface area contributed by atoms with E-state index in [1.165, 1.54) is 25.1 Å². The molecule has 1 aromatic carbocycles. The lowest BCUT2D eigenvalue weighted by molar-refractivity contribution is -0.384. The van der Waals surface area contributed by atoms with E-state index in [4.69, 9.17) is 5.11 Å². The molecule has 0 saturated carbocycles. The zero-order valence-corrected chi connectivity index (χ0v) is 8.38. The van der Waals surface area contributed by atoms with Gasteiger partial charge in [-0.3, -0.25) is 15.5 Å². The molecule has 1 rings (SSSR count). The molecule has 0 aliphatic heterocycles. The molecule has 0 atom stereocenters. The number of nitro benzene ring substituents is 1. The highest BCUT2D eigenvalue weighted by Gasteiger charge is 2.05. The van der Waals surface area contributed by atoms with E-state index in [0.717, 1.165) is 0 Å². The van der Waals surface area contributed by atoms with E-state index in [-0.39, 0.29) is 11.4 Å². The topological polar surface area (TPSA) is 105 Å². The molecule has 1 aromatic rings. The number of carboxylic acid groups (broad SMARTS) is 1. The lowest BCUT2D eigenvalue weighted by atomic mass is 10.3. The zero-order chi connectivity index (χ0) is 12.1. The Morgan fingerprint density at radius 2 is 2.25 bits per heavy atom. The summed E-state index contributed by atoms with van der Waals surface area (Å²) >= 11 is 0. The van der Waals surface area contributed by atoms with Gasteiger partial charge >= 0.3 is 5.97 Å². The SMILES string of the molecule is C/C(=N/Nc1cccc([N+](=O)[O-])c1)C(=O)O. The number of non-ortho nitro benzene ring substituents is 1. The van der Waals surface area contributed by atoms with Gasteiger partial charge in [-0.1, -0.05) is 6.07 Å². The minimum atomic E-state index is -1.15. The minimum Gasteiger partial charge on any atom is -0.477 e. The number of hydrogen-bond acceptors (Lipinski definition) is 5. The number of benzene rings is 1. The monoisotopic (exact) mass is 223 g/mol. The van der Waals surface area contributed by atoms with Crippen molar-refractivity contribution < 1.29 is 14.8 Å². The number of carboxylic acids is 1. The van der Waals surface area contributed by atoms with Crippen LogP contribution in [-0.2, 0) is 4.79 Å². The van der Waals surface area contributed by atoms with Crippen molar-refractivity contribution in [2.24, 2.45) is 5.10 Å². The Morgan fingerprint density at radius 1 is 1.56 bits per heavy atom. The van der Waals surface area contributed by atoms with Gasteiger partial charge in [0, 0.05) is 12.1 Å². The summed E-state index contributed by atoms with van der Waals surface area (Å²) in [5, 5.41) is 22.5. The van der Waals surface area contributed by atoms with E-state index in [0.29, 0.717) is 5.69 Å². The maximum Gasteiger partial charge on any atom is 0.351 e. The van der Waals surface area contributed by atoms with Crippen LogP contribution in [0.3, 0.4) is 0 Å². The Labute approximate surface area is 90.6 Å². The number of rotatable bonds is 4. The number of hydrazone groups is 1. The molecule has 0 unspecified atom stereocenters. The summed E-state index contributed by atoms with van der Waals surface area (Å²) in [6.07, 6.45) is 0. The molecule has 0 spiro atoms. The molecular weight excluding hydrogens is 214 g/mol. The molecule has 0 aliphatic carbocycles. The molecule has 16 heavy (non-hydrogen) atoms. The van der Waals surface area contributed by atoms with Crippen LogP contribution in [0.2, 0.25) is 0 Å². The summed E-state index contributed by atoms with van der Waals surface area (Å²) in [6.45, 7) is 1.31. The lowest BCUT2D eigenvalue weighted by Crippen LogP contribution is -2.10. The Morgan fingerprint density at radius 3 is 2.81 bits per heavy atom. The van der Waals surface area contributed by atoms with Gasteiger partial charge in [0.05, 0.1) is 10.6 Å². The van der Waals surface area contributed by atoms with Crippen LogP contribution in [-0.4, -0.2) is 21.7 Å². The van der Waals surface area contributed by atoms with E-state index in [1.54, 1.807) is 6.07 Å². The van der Waals surface area contributed by atoms with Crippen LogP contribution in [0.4, 0.5) is 11.4 Å². The molecule has 0 fully saturated rings. The van der Waals surface area contributed by atoms with Crippen LogP contribution in [0, 0.1) is 10.1 Å². The molecule has 2 N–H and O–H groups in total. The molecule has 7 nitrogen and oxygen atoms in total. The number of nitrogens with one attached hydrogen (secondary N) is 1. The molecule has 0 bridgehead atoms. The van der Waals surface area contributed by atoms with Gasteiger partial charge in [-0.15, -0.1) is 0 Å². The first-order valence-electron chi connectivity index (χ1n) is 4.29. The average Bonchev–Trinajstić information content (AvgIpc) is 2.26. The highest BCUT2D eigenvalue weighted by molar-refractivity contribution is 6.34. The second-order valence-electron chi connectivity index (χ2n) is 2.92. The summed E-state index contributed by atoms with van der Waals surface area (Å²) in [5.41, 5.74) is 2.56. The van der Waals surface area contributed by atoms with Crippen LogP contribution in [0.5, 0.6) is 0 Å². The smallest absolute Gasteiger partial charge is 0.351 e. The van der Waals surface area contributed by atoms with Crippen molar-refractivity contribution >= 4 is 23.1 Å². The Hall–Kier alpha value is -2.44. The van der Waals surface area contributed by atoms with Crippen LogP contribution in [0.25, 0.3) is 0 Å². The maximum absolute atomic E-state index is 10.4. The van der Waals surface area contributed by atoms with Crippen molar-refractivity contribution in [3.63, 3.8) is 0 Å². The van der Waals surface area contributed by atoms with Crippen molar-refractivity contribution in [2.45, 2.75) is 6.92 Å². The van der Waals surface area contributed by atoms with Gasteiger partial charge < -0.3 is 5.11 Å². The van der Waals surface area contributed by atoms with Gasteiger partial charge in [0.15, 0.2) is 0 Å². The average molecular weight is 223 g/mol. The van der Waals surface area contributed by atoms with Gasteiger partial charge in [-0.05, 0) is 13.0 Å². The van der Waals surface area contributed by atoms with Crippen molar-refractivity contribution in [1.29, 1.82) is 0 Å². The molecule has 7 heteroatoms. The highest BCUT2D eigenvalue weighted by Crippen LogP contribution is 2.16. The predicted octanol–water partition coefficient (Wildman–Crippen LogP) is 1.47. The number of nitro groups is 1. The molecule has 84 valence electrons. The largest absolute Gasteiger partial charge is 0.477 e. The fourth-order valence-electron chi connectivity index (χ4n) is 0.885. The summed E-state index contributed by atoms with van der Waals surface area (Å²) in [5.74, 6) is -1.15. The van der Waals surface area contributed by atoms with Gasteiger partial charge in [0.1, 0.15) is 5.71 Å². The molecule has 0 heterocycles. The Balaban J connectivity index is 2.82. The van der Waals surface area contributed by atoms with E-state index in [1.807, 2.05) is 0 Å². The molecule has 0 amide bonds. The van der Waals surface area contributed by atoms with E-state index in [2.05, 4.69) is 10.5 Å². The molecule has 0 aliphatic rings. The quantitative estimate of drug-likeness (QED) is 0.456. The van der Waals surface area contributed by atoms with Crippen molar-refractivity contribution in [1.82, 2.24) is 0 Å². The summed E-state index contributed by atoms with van der Waals surface area (Å²) in [6, 6.07) is 5.62. The lowest BCUT2D eigenvalue weighted by Gasteiger charge is -2.00. The van der Waals surface area contributed by atoms with Crippen molar-refractivity contribution in [3.8, 4) is 0 Å². The van der Waals surface area contributed by atoms with Crippen LogP contribution in [0.15, 0.2) is 29.4 Å². The third-order valence-electron chi connectivity index (χ3n) is 1.72. The third kappa shape index (κ3) is 3.05. The van der Waals surface area contributed by atoms with Crippen LogP contribution in [0.1, 0.15) is 6.92 Å². The normalized spacial score (nSPS) is 10.9. The standard InChI is InChI=1S/C9H9N3O4/c1-6(9(13)14)10-11-7-3-2-4-8(5-7)12(15)16/h2-5,11H,1H3,(H,13,14)/b10-6-. The van der Waals surface area contributed by atoms with Gasteiger partial charge in [0.2, 0.25) is 0 Å². The van der Waals surface area contributed by atoms with E-state index >= 15 is 0 Å². The molecule has 0 radical (unpaired) electrons. The van der Waals surface area contributed by atoms with Crippen LogP contribution >= 0.6 is 0 Å². The fraction of sp³-hybridized carbons (Fsp3) is 0.111. The number of aliphatic carboxylic acids is 1. The zero-order valence-electron chi connectivity index (χ0n) is 8.38. The van der Waals surface area contributed by atoms with Gasteiger partial charge in [0.25, 0.3) is 5.69 Å². The molecule has 0 aromatic heterocycles.